The molecule has 1 fully saturated rings. The minimum absolute atomic E-state index is 0.141. The second-order valence-electron chi connectivity index (χ2n) is 8.56. The lowest BCUT2D eigenvalue weighted by molar-refractivity contribution is 0.208. The van der Waals surface area contributed by atoms with Gasteiger partial charge in [0.05, 0.1) is 5.39 Å². The van der Waals surface area contributed by atoms with Crippen LogP contribution in [0.25, 0.3) is 21.3 Å². The van der Waals surface area contributed by atoms with Crippen LogP contribution in [-0.4, -0.2) is 61.2 Å². The largest absolute Gasteiger partial charge is 0.378 e. The fourth-order valence-electron chi connectivity index (χ4n) is 4.21. The van der Waals surface area contributed by atoms with E-state index in [1.807, 2.05) is 54.7 Å². The van der Waals surface area contributed by atoms with Gasteiger partial charge < -0.3 is 25.8 Å². The number of piperazine rings is 1. The van der Waals surface area contributed by atoms with E-state index in [1.165, 1.54) is 17.4 Å². The van der Waals surface area contributed by atoms with Crippen LogP contribution < -0.4 is 20.9 Å². The van der Waals surface area contributed by atoms with E-state index in [0.717, 1.165) is 22.3 Å². The number of rotatable bonds is 4. The molecule has 10 heteroatoms. The van der Waals surface area contributed by atoms with E-state index in [2.05, 4.69) is 20.2 Å². The van der Waals surface area contributed by atoms with Crippen molar-refractivity contribution in [1.29, 1.82) is 0 Å². The van der Waals surface area contributed by atoms with Crippen LogP contribution in [0.1, 0.15) is 0 Å². The number of urea groups is 1. The zero-order valence-corrected chi connectivity index (χ0v) is 20.3. The maximum absolute atomic E-state index is 14.6. The summed E-state index contributed by atoms with van der Waals surface area (Å²) in [5.74, 6) is 0.553. The first-order valence-corrected chi connectivity index (χ1v) is 12.2. The van der Waals surface area contributed by atoms with E-state index in [9.17, 15) is 9.18 Å². The summed E-state index contributed by atoms with van der Waals surface area (Å²) in [5.41, 5.74) is 9.08. The number of hydrogen-bond acceptors (Lipinski definition) is 7. The lowest BCUT2D eigenvalue weighted by Gasteiger charge is -2.35. The first kappa shape index (κ1) is 22.9. The van der Waals surface area contributed by atoms with Gasteiger partial charge in [-0.1, -0.05) is 18.2 Å². The van der Waals surface area contributed by atoms with E-state index >= 15 is 0 Å². The molecule has 1 aliphatic heterocycles. The molecular formula is C25H26FN7OS. The molecule has 0 atom stereocenters. The Morgan fingerprint density at radius 1 is 1.03 bits per heavy atom. The highest BCUT2D eigenvalue weighted by atomic mass is 32.1. The lowest BCUT2D eigenvalue weighted by Crippen LogP contribution is -2.50. The maximum atomic E-state index is 14.6. The van der Waals surface area contributed by atoms with Crippen LogP contribution in [0.3, 0.4) is 0 Å². The standard InChI is InChI=1S/C25H26FN7OS/c1-31(2)17-9-7-16(8-10-17)28-25(34)33-13-11-32(12-14-33)22-21-19(18-5-3-4-6-20(18)26)15-35-23(21)30-24(27)29-22/h3-10,15H,11-14H2,1-2H3,(H,28,34)(H2,27,29,30). The number of amides is 2. The minimum Gasteiger partial charge on any atom is -0.378 e. The van der Waals surface area contributed by atoms with Crippen molar-refractivity contribution < 1.29 is 9.18 Å². The predicted molar refractivity (Wildman–Crippen MR) is 141 cm³/mol. The zero-order chi connectivity index (χ0) is 24.5. The van der Waals surface area contributed by atoms with Crippen molar-refractivity contribution in [2.24, 2.45) is 0 Å². The second-order valence-corrected chi connectivity index (χ2v) is 9.42. The molecule has 2 aromatic heterocycles. The number of anilines is 4. The molecule has 2 amide bonds. The van der Waals surface area contributed by atoms with Gasteiger partial charge in [0.2, 0.25) is 5.95 Å². The molecule has 5 rings (SSSR count). The highest BCUT2D eigenvalue weighted by Crippen LogP contribution is 2.39. The summed E-state index contributed by atoms with van der Waals surface area (Å²) in [5, 5.41) is 5.65. The van der Waals surface area contributed by atoms with Gasteiger partial charge in [0.15, 0.2) is 0 Å². The molecule has 8 nitrogen and oxygen atoms in total. The van der Waals surface area contributed by atoms with Crippen LogP contribution in [0.5, 0.6) is 0 Å². The number of aromatic nitrogens is 2. The number of carbonyl (C=O) groups is 1. The molecule has 1 aliphatic rings. The number of hydrogen-bond donors (Lipinski definition) is 2. The van der Waals surface area contributed by atoms with Crippen LogP contribution in [0.15, 0.2) is 53.9 Å². The summed E-state index contributed by atoms with van der Waals surface area (Å²) in [4.78, 5) is 28.3. The molecule has 0 bridgehead atoms. The fraction of sp³-hybridized carbons (Fsp3) is 0.240. The average Bonchev–Trinajstić information content (AvgIpc) is 3.27. The van der Waals surface area contributed by atoms with Crippen molar-refractivity contribution in [2.45, 2.75) is 0 Å². The minimum atomic E-state index is -0.296. The molecule has 0 radical (unpaired) electrons. The number of nitrogen functional groups attached to an aromatic ring is 1. The van der Waals surface area contributed by atoms with Crippen LogP contribution >= 0.6 is 11.3 Å². The van der Waals surface area contributed by atoms with Crippen molar-refractivity contribution in [2.75, 3.05) is 61.1 Å². The Kier molecular flexibility index (Phi) is 6.12. The molecule has 180 valence electrons. The number of nitrogens with zero attached hydrogens (tertiary/aromatic N) is 5. The predicted octanol–water partition coefficient (Wildman–Crippen LogP) is 4.50. The number of benzene rings is 2. The van der Waals surface area contributed by atoms with E-state index in [4.69, 9.17) is 5.73 Å². The third kappa shape index (κ3) is 4.57. The smallest absolute Gasteiger partial charge is 0.321 e. The van der Waals surface area contributed by atoms with Crippen LogP contribution in [0.2, 0.25) is 0 Å². The number of thiophene rings is 1. The second kappa shape index (κ2) is 9.38. The molecule has 0 aliphatic carbocycles. The Hall–Kier alpha value is -3.92. The number of carbonyl (C=O) groups excluding carboxylic acids is 1. The Morgan fingerprint density at radius 2 is 1.74 bits per heavy atom. The lowest BCUT2D eigenvalue weighted by atomic mass is 10.1. The highest BCUT2D eigenvalue weighted by Gasteiger charge is 2.26. The SMILES string of the molecule is CN(C)c1ccc(NC(=O)N2CCN(c3nc(N)nc4scc(-c5ccccc5F)c34)CC2)cc1. The van der Waals surface area contributed by atoms with E-state index in [0.29, 0.717) is 42.4 Å². The zero-order valence-electron chi connectivity index (χ0n) is 19.5. The summed E-state index contributed by atoms with van der Waals surface area (Å²) in [6, 6.07) is 14.3. The molecule has 0 unspecified atom stereocenters. The van der Waals surface area contributed by atoms with Gasteiger partial charge in [-0.2, -0.15) is 4.98 Å². The third-order valence-corrected chi connectivity index (χ3v) is 6.97. The Labute approximate surface area is 206 Å². The Balaban J connectivity index is 1.34. The first-order valence-electron chi connectivity index (χ1n) is 11.3. The van der Waals surface area contributed by atoms with Gasteiger partial charge in [0.25, 0.3) is 0 Å². The van der Waals surface area contributed by atoms with Crippen LogP contribution in [0.4, 0.5) is 32.3 Å². The van der Waals surface area contributed by atoms with Gasteiger partial charge in [-0.3, -0.25) is 0 Å². The van der Waals surface area contributed by atoms with Gasteiger partial charge in [-0.05, 0) is 30.3 Å². The average molecular weight is 492 g/mol. The van der Waals surface area contributed by atoms with Crippen molar-refractivity contribution in [3.05, 3.63) is 59.7 Å². The quantitative estimate of drug-likeness (QED) is 0.437. The maximum Gasteiger partial charge on any atom is 0.321 e. The molecule has 3 N–H and O–H groups in total. The molecule has 2 aromatic carbocycles. The Bertz CT molecular complexity index is 1360. The highest BCUT2D eigenvalue weighted by molar-refractivity contribution is 7.17. The summed E-state index contributed by atoms with van der Waals surface area (Å²) in [6.45, 7) is 2.19. The summed E-state index contributed by atoms with van der Waals surface area (Å²) in [7, 11) is 3.95. The molecule has 1 saturated heterocycles. The van der Waals surface area contributed by atoms with E-state index in [1.54, 1.807) is 17.0 Å². The van der Waals surface area contributed by atoms with Gasteiger partial charge in [0.1, 0.15) is 16.5 Å². The molecule has 35 heavy (non-hydrogen) atoms. The fourth-order valence-corrected chi connectivity index (χ4v) is 5.15. The van der Waals surface area contributed by atoms with E-state index in [-0.39, 0.29) is 17.8 Å². The number of halogens is 1. The summed E-state index contributed by atoms with van der Waals surface area (Å²) >= 11 is 1.42. The monoisotopic (exact) mass is 491 g/mol. The van der Waals surface area contributed by atoms with Crippen LogP contribution in [0, 0.1) is 5.82 Å². The number of fused-ring (bicyclic) bond motifs is 1. The summed E-state index contributed by atoms with van der Waals surface area (Å²) in [6.07, 6.45) is 0. The van der Waals surface area contributed by atoms with Gasteiger partial charge in [0, 0.05) is 68.2 Å². The van der Waals surface area contributed by atoms with Gasteiger partial charge >= 0.3 is 6.03 Å². The van der Waals surface area contributed by atoms with Gasteiger partial charge in [-0.25, -0.2) is 14.2 Å². The van der Waals surface area contributed by atoms with Crippen molar-refractivity contribution in [1.82, 2.24) is 14.9 Å². The summed E-state index contributed by atoms with van der Waals surface area (Å²) < 4.78 is 14.6. The number of nitrogens with two attached hydrogens (primary N) is 1. The Morgan fingerprint density at radius 3 is 2.43 bits per heavy atom. The molecule has 0 spiro atoms. The topological polar surface area (TPSA) is 90.6 Å². The molecule has 3 heterocycles. The van der Waals surface area contributed by atoms with Crippen LogP contribution in [-0.2, 0) is 0 Å². The third-order valence-electron chi connectivity index (χ3n) is 6.10. The normalized spacial score (nSPS) is 13.8. The molecule has 4 aromatic rings. The van der Waals surface area contributed by atoms with E-state index < -0.39 is 0 Å². The van der Waals surface area contributed by atoms with Crippen molar-refractivity contribution >= 4 is 50.7 Å². The molecular weight excluding hydrogens is 465 g/mol. The van der Waals surface area contributed by atoms with Crippen molar-refractivity contribution in [3.63, 3.8) is 0 Å². The number of nitrogens with one attached hydrogen (secondary N) is 1. The molecule has 0 saturated carbocycles. The van der Waals surface area contributed by atoms with Gasteiger partial charge in [-0.15, -0.1) is 11.3 Å². The first-order chi connectivity index (χ1) is 16.9. The van der Waals surface area contributed by atoms with Crippen molar-refractivity contribution in [3.8, 4) is 11.1 Å².